The Morgan fingerprint density at radius 3 is 1.43 bits per heavy atom. The van der Waals surface area contributed by atoms with E-state index in [0.29, 0.717) is 28.1 Å². The molecule has 0 saturated heterocycles. The lowest BCUT2D eigenvalue weighted by Crippen LogP contribution is -2.50. The minimum Gasteiger partial charge on any atom is -0.413 e. The second-order valence-electron chi connectivity index (χ2n) is 9.28. The summed E-state index contributed by atoms with van der Waals surface area (Å²) in [5.74, 6) is 0.880. The molecule has 0 radical (unpaired) electrons. The first-order valence-corrected chi connectivity index (χ1v) is 11.3. The highest BCUT2D eigenvalue weighted by Gasteiger charge is 2.47. The van der Waals surface area contributed by atoms with Crippen LogP contribution >= 0.6 is 0 Å². The summed E-state index contributed by atoms with van der Waals surface area (Å²) >= 11 is 0. The van der Waals surface area contributed by atoms with E-state index in [1.807, 2.05) is 0 Å². The van der Waals surface area contributed by atoms with Crippen LogP contribution in [0.3, 0.4) is 0 Å². The van der Waals surface area contributed by atoms with Crippen LogP contribution < -0.4 is 0 Å². The van der Waals surface area contributed by atoms with E-state index in [9.17, 15) is 0 Å². The van der Waals surface area contributed by atoms with Gasteiger partial charge in [-0.1, -0.05) is 62.3 Å². The van der Waals surface area contributed by atoms with Gasteiger partial charge in [0.25, 0.3) is 0 Å². The Hall–Kier alpha value is 0.177. The largest absolute Gasteiger partial charge is 0.413 e. The van der Waals surface area contributed by atoms with Crippen molar-refractivity contribution >= 4 is 8.32 Å². The molecule has 2 heteroatoms. The van der Waals surface area contributed by atoms with E-state index in [1.54, 1.807) is 0 Å². The fourth-order valence-electron chi connectivity index (χ4n) is 4.74. The van der Waals surface area contributed by atoms with Crippen molar-refractivity contribution in [2.75, 3.05) is 0 Å². The number of hydrogen-bond acceptors (Lipinski definition) is 1. The van der Waals surface area contributed by atoms with Gasteiger partial charge >= 0.3 is 0 Å². The molecule has 1 aliphatic carbocycles. The molecule has 1 rings (SSSR count). The van der Waals surface area contributed by atoms with E-state index < -0.39 is 8.32 Å². The van der Waals surface area contributed by atoms with Gasteiger partial charge in [-0.25, -0.2) is 0 Å². The maximum Gasteiger partial charge on any atom is 0.200 e. The van der Waals surface area contributed by atoms with Gasteiger partial charge in [-0.15, -0.1) is 0 Å². The minimum atomic E-state index is -1.68. The lowest BCUT2D eigenvalue weighted by Gasteiger charge is -2.47. The molecule has 0 aliphatic heterocycles. The van der Waals surface area contributed by atoms with Crippen LogP contribution in [-0.2, 0) is 4.43 Å². The van der Waals surface area contributed by atoms with Gasteiger partial charge in [0.05, 0.1) is 0 Å². The molecule has 0 heterocycles. The fourth-order valence-corrected chi connectivity index (χ4v) is 10.4. The Morgan fingerprint density at radius 2 is 1.14 bits per heavy atom. The molecule has 0 aromatic carbocycles. The van der Waals surface area contributed by atoms with Gasteiger partial charge in [-0.05, 0) is 53.6 Å². The van der Waals surface area contributed by atoms with Gasteiger partial charge in [-0.3, -0.25) is 0 Å². The van der Waals surface area contributed by atoms with Crippen molar-refractivity contribution in [2.45, 2.75) is 111 Å². The topological polar surface area (TPSA) is 9.23 Å². The molecule has 0 amide bonds. The summed E-state index contributed by atoms with van der Waals surface area (Å²) in [6.45, 7) is 21.6. The van der Waals surface area contributed by atoms with Crippen LogP contribution in [0.2, 0.25) is 16.6 Å². The molecule has 126 valence electrons. The van der Waals surface area contributed by atoms with Gasteiger partial charge in [0, 0.05) is 6.10 Å². The van der Waals surface area contributed by atoms with Crippen LogP contribution in [0.4, 0.5) is 0 Å². The summed E-state index contributed by atoms with van der Waals surface area (Å²) in [5.41, 5.74) is 2.58. The molecule has 0 atom stereocenters. The molecule has 21 heavy (non-hydrogen) atoms. The molecular weight excluding hydrogens is 272 g/mol. The third-order valence-electron chi connectivity index (χ3n) is 5.98. The Bertz CT molecular complexity index is 284. The van der Waals surface area contributed by atoms with Crippen LogP contribution in [-0.4, -0.2) is 14.4 Å². The van der Waals surface area contributed by atoms with Crippen LogP contribution in [0.5, 0.6) is 0 Å². The van der Waals surface area contributed by atoms with Crippen molar-refractivity contribution in [3.05, 3.63) is 0 Å². The second kappa shape index (κ2) is 7.17. The van der Waals surface area contributed by atoms with Crippen molar-refractivity contribution in [2.24, 2.45) is 11.3 Å². The lowest BCUT2D eigenvalue weighted by atomic mass is 9.72. The summed E-state index contributed by atoms with van der Waals surface area (Å²) in [7, 11) is -1.68. The van der Waals surface area contributed by atoms with Gasteiger partial charge < -0.3 is 4.43 Å². The Labute approximate surface area is 135 Å². The second-order valence-corrected chi connectivity index (χ2v) is 14.7. The van der Waals surface area contributed by atoms with Gasteiger partial charge in [0.15, 0.2) is 0 Å². The summed E-state index contributed by atoms with van der Waals surface area (Å²) in [6, 6.07) is 0. The third-order valence-corrected chi connectivity index (χ3v) is 12.1. The van der Waals surface area contributed by atoms with Crippen molar-refractivity contribution in [3.8, 4) is 0 Å². The maximum atomic E-state index is 6.96. The van der Waals surface area contributed by atoms with Crippen molar-refractivity contribution in [1.29, 1.82) is 0 Å². The summed E-state index contributed by atoms with van der Waals surface area (Å²) < 4.78 is 6.96. The molecule has 0 unspecified atom stereocenters. The first-order chi connectivity index (χ1) is 9.51. The zero-order chi connectivity index (χ0) is 16.4. The van der Waals surface area contributed by atoms with E-state index in [0.717, 1.165) is 5.92 Å². The average molecular weight is 313 g/mol. The van der Waals surface area contributed by atoms with Crippen LogP contribution in [0.25, 0.3) is 0 Å². The number of hydrogen-bond donors (Lipinski definition) is 0. The molecule has 1 aliphatic rings. The van der Waals surface area contributed by atoms with E-state index in [2.05, 4.69) is 62.3 Å². The summed E-state index contributed by atoms with van der Waals surface area (Å²) in [5, 5.41) is 0. The molecule has 1 fully saturated rings. The highest BCUT2D eigenvalue weighted by molar-refractivity contribution is 6.77. The highest BCUT2D eigenvalue weighted by Crippen LogP contribution is 2.46. The van der Waals surface area contributed by atoms with Crippen molar-refractivity contribution in [1.82, 2.24) is 0 Å². The number of rotatable bonds is 5. The van der Waals surface area contributed by atoms with Crippen LogP contribution in [0, 0.1) is 11.3 Å². The molecule has 1 nitrogen and oxygen atoms in total. The zero-order valence-electron chi connectivity index (χ0n) is 16.1. The van der Waals surface area contributed by atoms with E-state index >= 15 is 0 Å². The molecule has 0 aromatic rings. The average Bonchev–Trinajstić information content (AvgIpc) is 2.34. The molecule has 0 spiro atoms. The monoisotopic (exact) mass is 312 g/mol. The molecule has 1 saturated carbocycles. The molecule has 0 aromatic heterocycles. The lowest BCUT2D eigenvalue weighted by molar-refractivity contribution is 0.0760. The SMILES string of the molecule is CC(C)[Si](OC1CCC(C(C)(C)C)CC1)(C(C)C)C(C)C. The third kappa shape index (κ3) is 4.34. The van der Waals surface area contributed by atoms with Gasteiger partial charge in [0.2, 0.25) is 8.32 Å². The minimum absolute atomic E-state index is 0.466. The first kappa shape index (κ1) is 19.2. The quantitative estimate of drug-likeness (QED) is 0.508. The van der Waals surface area contributed by atoms with E-state index in [1.165, 1.54) is 25.7 Å². The molecular formula is C19H40OSi. The summed E-state index contributed by atoms with van der Waals surface area (Å²) in [4.78, 5) is 0. The summed E-state index contributed by atoms with van der Waals surface area (Å²) in [6.07, 6.45) is 5.80. The smallest absolute Gasteiger partial charge is 0.200 e. The normalized spacial score (nSPS) is 25.1. The highest BCUT2D eigenvalue weighted by atomic mass is 28.4. The molecule has 0 bridgehead atoms. The van der Waals surface area contributed by atoms with E-state index in [4.69, 9.17) is 4.43 Å². The molecule has 0 N–H and O–H groups in total. The van der Waals surface area contributed by atoms with Gasteiger partial charge in [0.1, 0.15) is 0 Å². The zero-order valence-corrected chi connectivity index (χ0v) is 17.1. The van der Waals surface area contributed by atoms with Crippen molar-refractivity contribution in [3.63, 3.8) is 0 Å². The Kier molecular flexibility index (Phi) is 6.56. The fraction of sp³-hybridized carbons (Fsp3) is 1.00. The standard InChI is InChI=1S/C19H40OSi/c1-14(2)21(15(3)4,16(5)6)20-18-12-10-17(11-13-18)19(7,8)9/h14-18H,10-13H2,1-9H3. The first-order valence-electron chi connectivity index (χ1n) is 9.19. The van der Waals surface area contributed by atoms with Crippen molar-refractivity contribution < 1.29 is 4.43 Å². The van der Waals surface area contributed by atoms with E-state index in [-0.39, 0.29) is 0 Å². The van der Waals surface area contributed by atoms with Gasteiger partial charge in [-0.2, -0.15) is 0 Å². The maximum absolute atomic E-state index is 6.96. The predicted molar refractivity (Wildman–Crippen MR) is 97.3 cm³/mol. The van der Waals surface area contributed by atoms with Crippen LogP contribution in [0.15, 0.2) is 0 Å². The Morgan fingerprint density at radius 1 is 0.762 bits per heavy atom. The van der Waals surface area contributed by atoms with Crippen LogP contribution in [0.1, 0.15) is 88.0 Å². The Balaban J connectivity index is 2.75. The predicted octanol–water partition coefficient (Wildman–Crippen LogP) is 6.78.